The monoisotopic (exact) mass is 415 g/mol. The molecule has 1 fully saturated rings. The van der Waals surface area contributed by atoms with Crippen LogP contribution in [0.3, 0.4) is 0 Å². The minimum Gasteiger partial charge on any atom is -0.357 e. The Morgan fingerprint density at radius 2 is 1.70 bits per heavy atom. The number of likely N-dealkylation sites (tertiary alicyclic amines) is 1. The van der Waals surface area contributed by atoms with Crippen molar-refractivity contribution in [1.29, 1.82) is 0 Å². The van der Waals surface area contributed by atoms with Crippen LogP contribution < -0.4 is 5.32 Å². The number of rotatable bonds is 7. The Labute approximate surface area is 174 Å². The second kappa shape index (κ2) is 9.19. The minimum atomic E-state index is -0.760. The first-order valence-electron chi connectivity index (χ1n) is 10.1. The zero-order chi connectivity index (χ0) is 21.8. The minimum absolute atomic E-state index is 0.0100. The van der Waals surface area contributed by atoms with E-state index in [2.05, 4.69) is 5.32 Å². The van der Waals surface area contributed by atoms with Gasteiger partial charge in [-0.25, -0.2) is 4.39 Å². The lowest BCUT2D eigenvalue weighted by molar-refractivity contribution is -0.143. The number of halogens is 1. The maximum absolute atomic E-state index is 13.2. The van der Waals surface area contributed by atoms with Crippen LogP contribution in [0.5, 0.6) is 0 Å². The molecule has 30 heavy (non-hydrogen) atoms. The molecule has 3 rings (SSSR count). The van der Waals surface area contributed by atoms with Gasteiger partial charge in [0.25, 0.3) is 0 Å². The summed E-state index contributed by atoms with van der Waals surface area (Å²) in [4.78, 5) is 52.9. The number of carbonyl (C=O) groups is 4. The fourth-order valence-electron chi connectivity index (χ4n) is 4.02. The van der Waals surface area contributed by atoms with E-state index in [9.17, 15) is 23.6 Å². The number of likely N-dealkylation sites (N-methyl/N-ethyl adjacent to an activating group) is 1. The second-order valence-corrected chi connectivity index (χ2v) is 7.67. The molecule has 8 heteroatoms. The Morgan fingerprint density at radius 1 is 1.13 bits per heavy atom. The summed E-state index contributed by atoms with van der Waals surface area (Å²) in [6.07, 6.45) is 4.84. The van der Waals surface area contributed by atoms with Crippen LogP contribution in [0, 0.1) is 17.7 Å². The molecule has 0 saturated carbocycles. The average Bonchev–Trinajstić information content (AvgIpc) is 3.00. The first-order valence-corrected chi connectivity index (χ1v) is 10.1. The molecule has 0 bridgehead atoms. The van der Waals surface area contributed by atoms with Crippen molar-refractivity contribution in [3.8, 4) is 0 Å². The van der Waals surface area contributed by atoms with Gasteiger partial charge in [0.15, 0.2) is 0 Å². The number of benzene rings is 1. The van der Waals surface area contributed by atoms with E-state index in [1.54, 1.807) is 19.1 Å². The Morgan fingerprint density at radius 3 is 2.23 bits per heavy atom. The van der Waals surface area contributed by atoms with E-state index < -0.39 is 11.9 Å². The molecule has 7 nitrogen and oxygen atoms in total. The van der Waals surface area contributed by atoms with E-state index in [1.165, 1.54) is 29.0 Å². The van der Waals surface area contributed by atoms with E-state index in [4.69, 9.17) is 0 Å². The maximum atomic E-state index is 13.2. The summed E-state index contributed by atoms with van der Waals surface area (Å²) in [7, 11) is 1.48. The van der Waals surface area contributed by atoms with Gasteiger partial charge in [0, 0.05) is 26.6 Å². The average molecular weight is 415 g/mol. The van der Waals surface area contributed by atoms with E-state index >= 15 is 0 Å². The van der Waals surface area contributed by atoms with Gasteiger partial charge >= 0.3 is 0 Å². The van der Waals surface area contributed by atoms with Gasteiger partial charge in [0.05, 0.1) is 11.8 Å². The summed E-state index contributed by atoms with van der Waals surface area (Å²) in [6, 6.07) is 4.93. The zero-order valence-electron chi connectivity index (χ0n) is 17.1. The lowest BCUT2D eigenvalue weighted by atomic mass is 9.85. The van der Waals surface area contributed by atoms with Crippen molar-refractivity contribution < 1.29 is 23.6 Å². The molecule has 1 aromatic rings. The van der Waals surface area contributed by atoms with Crippen molar-refractivity contribution in [2.45, 2.75) is 38.8 Å². The summed E-state index contributed by atoms with van der Waals surface area (Å²) >= 11 is 0. The van der Waals surface area contributed by atoms with Crippen molar-refractivity contribution in [3.63, 3.8) is 0 Å². The molecule has 1 N–H and O–H groups in total. The zero-order valence-corrected chi connectivity index (χ0v) is 17.1. The van der Waals surface area contributed by atoms with Crippen LogP contribution in [0.2, 0.25) is 0 Å². The van der Waals surface area contributed by atoms with Crippen LogP contribution in [0.25, 0.3) is 0 Å². The Hall–Kier alpha value is -3.03. The molecule has 0 unspecified atom stereocenters. The van der Waals surface area contributed by atoms with Crippen molar-refractivity contribution >= 4 is 23.6 Å². The third kappa shape index (κ3) is 4.42. The molecule has 2 aliphatic rings. The molecule has 1 saturated heterocycles. The first kappa shape index (κ1) is 21.7. The number of amides is 4. The highest BCUT2D eigenvalue weighted by molar-refractivity contribution is 6.05. The molecule has 1 aliphatic carbocycles. The van der Waals surface area contributed by atoms with Gasteiger partial charge in [-0.2, -0.15) is 0 Å². The summed E-state index contributed by atoms with van der Waals surface area (Å²) in [5.74, 6) is -2.22. The number of nitrogens with zero attached hydrogens (tertiary/aromatic N) is 2. The molecule has 1 aromatic carbocycles. The van der Waals surface area contributed by atoms with Gasteiger partial charge in [-0.15, -0.1) is 0 Å². The lowest BCUT2D eigenvalue weighted by Crippen LogP contribution is -2.47. The topological polar surface area (TPSA) is 86.8 Å². The number of nitrogens with one attached hydrogen (secondary N) is 1. The van der Waals surface area contributed by atoms with Gasteiger partial charge in [-0.1, -0.05) is 24.3 Å². The molecular weight excluding hydrogens is 389 g/mol. The Balaban J connectivity index is 1.69. The number of hydrogen-bond donors (Lipinski definition) is 1. The molecule has 0 spiro atoms. The van der Waals surface area contributed by atoms with Crippen LogP contribution >= 0.6 is 0 Å². The fourth-order valence-corrected chi connectivity index (χ4v) is 4.02. The Kier molecular flexibility index (Phi) is 6.64. The molecule has 160 valence electrons. The van der Waals surface area contributed by atoms with Crippen LogP contribution in [0.4, 0.5) is 4.39 Å². The van der Waals surface area contributed by atoms with Crippen molar-refractivity contribution in [1.82, 2.24) is 15.1 Å². The van der Waals surface area contributed by atoms with Crippen LogP contribution in [-0.4, -0.2) is 53.1 Å². The number of allylic oxidation sites excluding steroid dienone is 2. The van der Waals surface area contributed by atoms with Crippen molar-refractivity contribution in [2.24, 2.45) is 11.8 Å². The fraction of sp³-hybridized carbons (Fsp3) is 0.455. The molecule has 1 aliphatic heterocycles. The van der Waals surface area contributed by atoms with Crippen molar-refractivity contribution in [3.05, 3.63) is 47.8 Å². The number of hydrogen-bond acceptors (Lipinski definition) is 4. The third-order valence-electron chi connectivity index (χ3n) is 5.83. The standard InChI is InChI=1S/C22H26FN3O4/c1-14(20(28)24-2)26(13-15-7-9-16(23)10-8-15)19(27)11-12-25-21(29)17-5-3-4-6-18(17)22(25)30/h3-4,7-10,14,17-18H,5-6,11-13H2,1-2H3,(H,24,28)/t14-,17-,18+/m0/s1. The van der Waals surface area contributed by atoms with Crippen molar-refractivity contribution in [2.75, 3.05) is 13.6 Å². The van der Waals surface area contributed by atoms with Gasteiger partial charge < -0.3 is 10.2 Å². The lowest BCUT2D eigenvalue weighted by Gasteiger charge is -2.29. The molecule has 0 aromatic heterocycles. The smallest absolute Gasteiger partial charge is 0.242 e. The third-order valence-corrected chi connectivity index (χ3v) is 5.83. The van der Waals surface area contributed by atoms with Crippen LogP contribution in [0.15, 0.2) is 36.4 Å². The molecule has 4 amide bonds. The molecule has 1 heterocycles. The predicted octanol–water partition coefficient (Wildman–Crippen LogP) is 1.63. The number of fused-ring (bicyclic) bond motifs is 1. The quantitative estimate of drug-likeness (QED) is 0.542. The van der Waals surface area contributed by atoms with E-state index in [0.717, 1.165) is 0 Å². The molecule has 0 radical (unpaired) electrons. The van der Waals surface area contributed by atoms with Crippen LogP contribution in [0.1, 0.15) is 31.7 Å². The Bertz CT molecular complexity index is 842. The summed E-state index contributed by atoms with van der Waals surface area (Å²) in [6.45, 7) is 1.71. The highest BCUT2D eigenvalue weighted by Crippen LogP contribution is 2.35. The van der Waals surface area contributed by atoms with Gasteiger partial charge in [0.1, 0.15) is 11.9 Å². The summed E-state index contributed by atoms with van der Waals surface area (Å²) in [5.41, 5.74) is 0.672. The second-order valence-electron chi connectivity index (χ2n) is 7.67. The largest absolute Gasteiger partial charge is 0.357 e. The van der Waals surface area contributed by atoms with E-state index in [0.29, 0.717) is 18.4 Å². The molecule has 3 atom stereocenters. The summed E-state index contributed by atoms with van der Waals surface area (Å²) in [5, 5.41) is 2.52. The van der Waals surface area contributed by atoms with E-state index in [-0.39, 0.29) is 55.0 Å². The van der Waals surface area contributed by atoms with Gasteiger partial charge in [0.2, 0.25) is 23.6 Å². The predicted molar refractivity (Wildman–Crippen MR) is 107 cm³/mol. The number of carbonyl (C=O) groups excluding carboxylic acids is 4. The normalized spacial score (nSPS) is 21.4. The maximum Gasteiger partial charge on any atom is 0.242 e. The van der Waals surface area contributed by atoms with E-state index in [1.807, 2.05) is 12.2 Å². The highest BCUT2D eigenvalue weighted by atomic mass is 19.1. The molecular formula is C22H26FN3O4. The summed E-state index contributed by atoms with van der Waals surface area (Å²) < 4.78 is 13.2. The SMILES string of the molecule is CNC(=O)[C@H](C)N(Cc1ccc(F)cc1)C(=O)CCN1C(=O)[C@H]2CC=CC[C@H]2C1=O. The van der Waals surface area contributed by atoms with Gasteiger partial charge in [-0.05, 0) is 37.5 Å². The number of imide groups is 1. The van der Waals surface area contributed by atoms with Gasteiger partial charge in [-0.3, -0.25) is 24.1 Å². The first-order chi connectivity index (χ1) is 14.3. The highest BCUT2D eigenvalue weighted by Gasteiger charge is 2.47. The van der Waals surface area contributed by atoms with Crippen LogP contribution in [-0.2, 0) is 25.7 Å².